The highest BCUT2D eigenvalue weighted by Crippen LogP contribution is 2.42. The van der Waals surface area contributed by atoms with Crippen molar-refractivity contribution in [3.8, 4) is 0 Å². The van der Waals surface area contributed by atoms with Crippen LogP contribution >= 0.6 is 8.37 Å². The summed E-state index contributed by atoms with van der Waals surface area (Å²) < 4.78 is 12.1. The molecule has 3 rings (SSSR count). The third-order valence-electron chi connectivity index (χ3n) is 2.63. The lowest BCUT2D eigenvalue weighted by molar-refractivity contribution is 0.0739. The SMILES string of the molecule is c1cn(P(N2CCOCC2)n2ccnc2)cn1. The predicted octanol–water partition coefficient (Wildman–Crippen LogP) is 1.04. The van der Waals surface area contributed by atoms with Gasteiger partial charge in [-0.05, 0) is 0 Å². The molecule has 0 amide bonds. The van der Waals surface area contributed by atoms with E-state index in [1.54, 1.807) is 0 Å². The molecule has 1 aliphatic heterocycles. The zero-order valence-corrected chi connectivity index (χ0v) is 10.3. The standard InChI is InChI=1S/C10H14N5OP/c1-3-14(9-11-1)17(15-4-2-12-10-15)13-5-7-16-8-6-13/h1-4,9-10H,5-8H2. The average molecular weight is 251 g/mol. The van der Waals surface area contributed by atoms with Crippen molar-refractivity contribution in [2.75, 3.05) is 26.3 Å². The molecule has 0 spiro atoms. The molecule has 90 valence electrons. The molecule has 1 fully saturated rings. The summed E-state index contributed by atoms with van der Waals surface area (Å²) >= 11 is 0. The zero-order chi connectivity index (χ0) is 11.5. The first-order valence-electron chi connectivity index (χ1n) is 5.54. The van der Waals surface area contributed by atoms with Crippen LogP contribution in [0.1, 0.15) is 0 Å². The second kappa shape index (κ2) is 4.96. The quantitative estimate of drug-likeness (QED) is 0.765. The fourth-order valence-electron chi connectivity index (χ4n) is 1.86. The minimum atomic E-state index is -0.633. The molecule has 0 aromatic carbocycles. The summed E-state index contributed by atoms with van der Waals surface area (Å²) in [4.78, 5) is 8.27. The van der Waals surface area contributed by atoms with Crippen molar-refractivity contribution >= 4 is 8.37 Å². The number of morpholine rings is 1. The fourth-order valence-corrected chi connectivity index (χ4v) is 3.87. The largest absolute Gasteiger partial charge is 0.379 e. The molecule has 0 aliphatic carbocycles. The van der Waals surface area contributed by atoms with E-state index in [-0.39, 0.29) is 0 Å². The molecule has 0 atom stereocenters. The van der Waals surface area contributed by atoms with Gasteiger partial charge in [0.05, 0.1) is 13.2 Å². The van der Waals surface area contributed by atoms with Gasteiger partial charge in [-0.15, -0.1) is 0 Å². The highest BCUT2D eigenvalue weighted by atomic mass is 31.1. The first kappa shape index (κ1) is 10.9. The smallest absolute Gasteiger partial charge is 0.189 e. The van der Waals surface area contributed by atoms with E-state index in [2.05, 4.69) is 23.3 Å². The molecule has 6 nitrogen and oxygen atoms in total. The van der Waals surface area contributed by atoms with Crippen molar-refractivity contribution < 1.29 is 4.74 Å². The van der Waals surface area contributed by atoms with E-state index >= 15 is 0 Å². The third kappa shape index (κ3) is 2.24. The van der Waals surface area contributed by atoms with Crippen LogP contribution in [0.15, 0.2) is 37.4 Å². The Labute approximate surface area is 101 Å². The Hall–Kier alpha value is -1.23. The number of hydrogen-bond acceptors (Lipinski definition) is 4. The number of rotatable bonds is 3. The highest BCUT2D eigenvalue weighted by Gasteiger charge is 2.24. The van der Waals surface area contributed by atoms with Gasteiger partial charge in [-0.2, -0.15) is 0 Å². The van der Waals surface area contributed by atoms with Gasteiger partial charge in [0.1, 0.15) is 12.7 Å². The Bertz CT molecular complexity index is 403. The van der Waals surface area contributed by atoms with Gasteiger partial charge in [0, 0.05) is 37.9 Å². The van der Waals surface area contributed by atoms with E-state index in [0.717, 1.165) is 26.3 Å². The van der Waals surface area contributed by atoms with Crippen LogP contribution < -0.4 is 0 Å². The molecule has 0 radical (unpaired) electrons. The van der Waals surface area contributed by atoms with Gasteiger partial charge in [-0.25, -0.2) is 14.6 Å². The normalized spacial score (nSPS) is 17.7. The van der Waals surface area contributed by atoms with Crippen LogP contribution in [-0.2, 0) is 4.74 Å². The molecule has 0 N–H and O–H groups in total. The van der Waals surface area contributed by atoms with E-state index < -0.39 is 8.37 Å². The second-order valence-corrected chi connectivity index (χ2v) is 5.75. The van der Waals surface area contributed by atoms with Gasteiger partial charge < -0.3 is 4.74 Å². The van der Waals surface area contributed by atoms with Crippen molar-refractivity contribution in [1.82, 2.24) is 23.3 Å². The van der Waals surface area contributed by atoms with Crippen LogP contribution in [-0.4, -0.2) is 49.6 Å². The summed E-state index contributed by atoms with van der Waals surface area (Å²) in [6, 6.07) is 0. The Kier molecular flexibility index (Phi) is 3.18. The van der Waals surface area contributed by atoms with Crippen LogP contribution in [0.25, 0.3) is 0 Å². The van der Waals surface area contributed by atoms with Gasteiger partial charge in [-0.3, -0.25) is 8.68 Å². The second-order valence-electron chi connectivity index (χ2n) is 3.72. The third-order valence-corrected chi connectivity index (χ3v) is 4.84. The van der Waals surface area contributed by atoms with Crippen molar-refractivity contribution in [1.29, 1.82) is 0 Å². The number of hydrogen-bond donors (Lipinski definition) is 0. The molecular weight excluding hydrogens is 237 g/mol. The molecular formula is C10H14N5OP. The molecule has 1 saturated heterocycles. The van der Waals surface area contributed by atoms with Crippen molar-refractivity contribution in [2.24, 2.45) is 0 Å². The average Bonchev–Trinajstić information content (AvgIpc) is 3.04. The monoisotopic (exact) mass is 251 g/mol. The lowest BCUT2D eigenvalue weighted by Crippen LogP contribution is -2.35. The number of ether oxygens (including phenoxy) is 1. The van der Waals surface area contributed by atoms with E-state index in [0.29, 0.717) is 0 Å². The summed E-state index contributed by atoms with van der Waals surface area (Å²) in [6.07, 6.45) is 11.4. The fraction of sp³-hybridized carbons (Fsp3) is 0.400. The highest BCUT2D eigenvalue weighted by molar-refractivity contribution is 7.51. The first-order valence-corrected chi connectivity index (χ1v) is 6.74. The summed E-state index contributed by atoms with van der Waals surface area (Å²) in [5, 5.41) is 0. The molecule has 2 aromatic heterocycles. The number of nitrogens with zero attached hydrogens (tertiary/aromatic N) is 5. The molecule has 7 heteroatoms. The van der Waals surface area contributed by atoms with E-state index in [1.165, 1.54) is 0 Å². The van der Waals surface area contributed by atoms with Gasteiger partial charge >= 0.3 is 0 Å². The summed E-state index contributed by atoms with van der Waals surface area (Å²) in [5.74, 6) is 0. The van der Waals surface area contributed by atoms with Crippen molar-refractivity contribution in [3.63, 3.8) is 0 Å². The molecule has 17 heavy (non-hydrogen) atoms. The Balaban J connectivity index is 1.91. The number of imidazole rings is 2. The Morgan fingerprint density at radius 3 is 2.00 bits per heavy atom. The Morgan fingerprint density at radius 1 is 0.941 bits per heavy atom. The van der Waals surface area contributed by atoms with Crippen molar-refractivity contribution in [3.05, 3.63) is 37.4 Å². The van der Waals surface area contributed by atoms with Gasteiger partial charge in [-0.1, -0.05) is 0 Å². The van der Waals surface area contributed by atoms with E-state index in [9.17, 15) is 0 Å². The first-order chi connectivity index (χ1) is 8.45. The van der Waals surface area contributed by atoms with E-state index in [1.807, 2.05) is 37.4 Å². The molecule has 0 unspecified atom stereocenters. The maximum Gasteiger partial charge on any atom is 0.189 e. The number of aromatic nitrogens is 4. The molecule has 2 aromatic rings. The van der Waals surface area contributed by atoms with Crippen LogP contribution in [0, 0.1) is 0 Å². The molecule has 0 bridgehead atoms. The summed E-state index contributed by atoms with van der Waals surface area (Å²) in [7, 11) is -0.633. The molecule has 0 saturated carbocycles. The van der Waals surface area contributed by atoms with Crippen LogP contribution in [0.3, 0.4) is 0 Å². The summed E-state index contributed by atoms with van der Waals surface area (Å²) in [6.45, 7) is 3.48. The van der Waals surface area contributed by atoms with Gasteiger partial charge in [0.15, 0.2) is 8.37 Å². The maximum absolute atomic E-state index is 5.40. The topological polar surface area (TPSA) is 48.1 Å². The van der Waals surface area contributed by atoms with Gasteiger partial charge in [0.25, 0.3) is 0 Å². The minimum Gasteiger partial charge on any atom is -0.379 e. The van der Waals surface area contributed by atoms with Crippen LogP contribution in [0.2, 0.25) is 0 Å². The predicted molar refractivity (Wildman–Crippen MR) is 64.6 cm³/mol. The van der Waals surface area contributed by atoms with E-state index in [4.69, 9.17) is 4.74 Å². The van der Waals surface area contributed by atoms with Gasteiger partial charge in [0.2, 0.25) is 0 Å². The van der Waals surface area contributed by atoms with Crippen molar-refractivity contribution in [2.45, 2.75) is 0 Å². The molecule has 3 heterocycles. The lowest BCUT2D eigenvalue weighted by Gasteiger charge is -2.34. The Morgan fingerprint density at radius 2 is 1.53 bits per heavy atom. The zero-order valence-electron chi connectivity index (χ0n) is 9.38. The molecule has 1 aliphatic rings. The minimum absolute atomic E-state index is 0.633. The van der Waals surface area contributed by atoms with Crippen LogP contribution in [0.5, 0.6) is 0 Å². The maximum atomic E-state index is 5.40. The summed E-state index contributed by atoms with van der Waals surface area (Å²) in [5.41, 5.74) is 0. The van der Waals surface area contributed by atoms with Crippen LogP contribution in [0.4, 0.5) is 0 Å². The lowest BCUT2D eigenvalue weighted by atomic mass is 10.5.